The van der Waals surface area contributed by atoms with Crippen LogP contribution in [0.5, 0.6) is 0 Å². The van der Waals surface area contributed by atoms with E-state index in [9.17, 15) is 0 Å². The number of rotatable bonds is 7. The summed E-state index contributed by atoms with van der Waals surface area (Å²) < 4.78 is 0. The Morgan fingerprint density at radius 3 is 2.14 bits per heavy atom. The third kappa shape index (κ3) is 4.42. The van der Waals surface area contributed by atoms with Gasteiger partial charge in [-0.05, 0) is 36.5 Å². The minimum Gasteiger partial charge on any atom is -0.396 e. The fourth-order valence-electron chi connectivity index (χ4n) is 2.40. The minimum absolute atomic E-state index is 0.00680. The number of nitrogens with one attached hydrogen (secondary N) is 1. The molecule has 2 aromatic rings. The average molecular weight is 283 g/mol. The molecule has 1 unspecified atom stereocenters. The molecular weight excluding hydrogens is 258 g/mol. The second-order valence-corrected chi connectivity index (χ2v) is 5.80. The molecule has 0 spiro atoms. The Balaban J connectivity index is 2.00. The molecule has 2 heteroatoms. The third-order valence-corrected chi connectivity index (χ3v) is 4.22. The van der Waals surface area contributed by atoms with Gasteiger partial charge in [-0.25, -0.2) is 0 Å². The summed E-state index contributed by atoms with van der Waals surface area (Å²) in [7, 11) is 0. The first-order valence-corrected chi connectivity index (χ1v) is 7.67. The maximum absolute atomic E-state index is 9.15. The fraction of sp³-hybridized carbons (Fsp3) is 0.368. The molecule has 2 rings (SSSR count). The molecule has 0 amide bonds. The third-order valence-electron chi connectivity index (χ3n) is 4.22. The van der Waals surface area contributed by atoms with Gasteiger partial charge in [0.1, 0.15) is 0 Å². The first-order chi connectivity index (χ1) is 10.2. The van der Waals surface area contributed by atoms with Crippen molar-refractivity contribution < 1.29 is 5.11 Å². The molecule has 1 atom stereocenters. The minimum atomic E-state index is 0.00680. The molecule has 2 nitrogen and oxygen atoms in total. The zero-order valence-electron chi connectivity index (χ0n) is 13.0. The zero-order valence-corrected chi connectivity index (χ0v) is 13.0. The molecule has 0 aromatic heterocycles. The first-order valence-electron chi connectivity index (χ1n) is 7.67. The highest BCUT2D eigenvalue weighted by molar-refractivity contribution is 5.63. The van der Waals surface area contributed by atoms with E-state index in [1.165, 1.54) is 16.7 Å². The van der Waals surface area contributed by atoms with Crippen LogP contribution in [0.2, 0.25) is 0 Å². The van der Waals surface area contributed by atoms with Gasteiger partial charge < -0.3 is 10.4 Å². The first kappa shape index (κ1) is 15.7. The van der Waals surface area contributed by atoms with Gasteiger partial charge in [0.15, 0.2) is 0 Å². The van der Waals surface area contributed by atoms with Gasteiger partial charge in [-0.15, -0.1) is 0 Å². The predicted octanol–water partition coefficient (Wildman–Crippen LogP) is 3.99. The van der Waals surface area contributed by atoms with Crippen molar-refractivity contribution in [1.82, 2.24) is 5.32 Å². The van der Waals surface area contributed by atoms with Gasteiger partial charge in [0.2, 0.25) is 0 Å². The van der Waals surface area contributed by atoms with Crippen LogP contribution >= 0.6 is 0 Å². The lowest BCUT2D eigenvalue weighted by molar-refractivity contribution is 0.214. The molecule has 112 valence electrons. The van der Waals surface area contributed by atoms with Gasteiger partial charge in [0, 0.05) is 18.7 Å². The lowest BCUT2D eigenvalue weighted by Crippen LogP contribution is -2.42. The molecule has 0 aliphatic heterocycles. The highest BCUT2D eigenvalue weighted by Crippen LogP contribution is 2.20. The number of benzene rings is 2. The van der Waals surface area contributed by atoms with E-state index in [-0.39, 0.29) is 12.1 Å². The molecule has 0 saturated heterocycles. The van der Waals surface area contributed by atoms with E-state index >= 15 is 0 Å². The van der Waals surface area contributed by atoms with Crippen molar-refractivity contribution in [1.29, 1.82) is 0 Å². The topological polar surface area (TPSA) is 32.3 Å². The molecule has 0 bridgehead atoms. The van der Waals surface area contributed by atoms with E-state index in [4.69, 9.17) is 5.11 Å². The summed E-state index contributed by atoms with van der Waals surface area (Å²) in [6.07, 6.45) is 1.79. The van der Waals surface area contributed by atoms with Crippen LogP contribution < -0.4 is 5.32 Å². The molecule has 0 aliphatic carbocycles. The van der Waals surface area contributed by atoms with E-state index in [0.29, 0.717) is 0 Å². The maximum Gasteiger partial charge on any atom is 0.0448 e. The molecule has 2 N–H and O–H groups in total. The van der Waals surface area contributed by atoms with E-state index in [1.807, 2.05) is 6.07 Å². The SMILES string of the molecule is CCC(C)(CCO)NCc1ccc(-c2ccccc2)cc1. The fourth-order valence-corrected chi connectivity index (χ4v) is 2.40. The van der Waals surface area contributed by atoms with Gasteiger partial charge >= 0.3 is 0 Å². The van der Waals surface area contributed by atoms with Gasteiger partial charge in [0.05, 0.1) is 0 Å². The normalized spacial score (nSPS) is 13.9. The van der Waals surface area contributed by atoms with Crippen molar-refractivity contribution in [3.05, 3.63) is 60.2 Å². The molecule has 0 heterocycles. The summed E-state index contributed by atoms with van der Waals surface area (Å²) >= 11 is 0. The Bertz CT molecular complexity index is 535. The molecular formula is C19H25NO. The molecule has 0 radical (unpaired) electrons. The highest BCUT2D eigenvalue weighted by Gasteiger charge is 2.20. The van der Waals surface area contributed by atoms with E-state index < -0.39 is 0 Å². The van der Waals surface area contributed by atoms with Crippen LogP contribution in [0.1, 0.15) is 32.3 Å². The zero-order chi connectivity index (χ0) is 15.1. The van der Waals surface area contributed by atoms with Crippen LogP contribution in [0, 0.1) is 0 Å². The van der Waals surface area contributed by atoms with Crippen LogP contribution in [0.3, 0.4) is 0 Å². The van der Waals surface area contributed by atoms with Crippen molar-refractivity contribution in [2.45, 2.75) is 38.8 Å². The summed E-state index contributed by atoms with van der Waals surface area (Å²) in [5, 5.41) is 12.7. The predicted molar refractivity (Wildman–Crippen MR) is 89.1 cm³/mol. The Labute approximate surface area is 127 Å². The quantitative estimate of drug-likeness (QED) is 0.805. The van der Waals surface area contributed by atoms with Gasteiger partial charge in [0.25, 0.3) is 0 Å². The number of aliphatic hydroxyl groups excluding tert-OH is 1. The number of hydrogen-bond donors (Lipinski definition) is 2. The van der Waals surface area contributed by atoms with Crippen LogP contribution in [0.4, 0.5) is 0 Å². The Hall–Kier alpha value is -1.64. The summed E-state index contributed by atoms with van der Waals surface area (Å²) in [5.74, 6) is 0. The van der Waals surface area contributed by atoms with Crippen LogP contribution in [0.25, 0.3) is 11.1 Å². The number of aliphatic hydroxyl groups is 1. The summed E-state index contributed by atoms with van der Waals surface area (Å²) in [6, 6.07) is 19.1. The standard InChI is InChI=1S/C19H25NO/c1-3-19(2,13-14-21)20-15-16-9-11-18(12-10-16)17-7-5-4-6-8-17/h4-12,20-21H,3,13-15H2,1-2H3. The molecule has 0 aliphatic rings. The summed E-state index contributed by atoms with van der Waals surface area (Å²) in [4.78, 5) is 0. The van der Waals surface area contributed by atoms with Crippen molar-refractivity contribution in [3.63, 3.8) is 0 Å². The monoisotopic (exact) mass is 283 g/mol. The van der Waals surface area contributed by atoms with Gasteiger partial charge in [-0.2, -0.15) is 0 Å². The van der Waals surface area contributed by atoms with Crippen molar-refractivity contribution in [2.24, 2.45) is 0 Å². The second-order valence-electron chi connectivity index (χ2n) is 5.80. The van der Waals surface area contributed by atoms with Crippen molar-refractivity contribution in [3.8, 4) is 11.1 Å². The Morgan fingerprint density at radius 2 is 1.57 bits per heavy atom. The van der Waals surface area contributed by atoms with Crippen molar-refractivity contribution in [2.75, 3.05) is 6.61 Å². The maximum atomic E-state index is 9.15. The van der Waals surface area contributed by atoms with E-state index in [1.54, 1.807) is 0 Å². The highest BCUT2D eigenvalue weighted by atomic mass is 16.3. The molecule has 0 saturated carbocycles. The van der Waals surface area contributed by atoms with Gasteiger partial charge in [-0.3, -0.25) is 0 Å². The summed E-state index contributed by atoms with van der Waals surface area (Å²) in [5.41, 5.74) is 3.77. The Kier molecular flexibility index (Phi) is 5.54. The van der Waals surface area contributed by atoms with Crippen LogP contribution in [-0.4, -0.2) is 17.3 Å². The lowest BCUT2D eigenvalue weighted by atomic mass is 9.94. The largest absolute Gasteiger partial charge is 0.396 e. The average Bonchev–Trinajstić information content (AvgIpc) is 2.55. The lowest BCUT2D eigenvalue weighted by Gasteiger charge is -2.29. The Morgan fingerprint density at radius 1 is 0.952 bits per heavy atom. The molecule has 0 fully saturated rings. The number of hydrogen-bond acceptors (Lipinski definition) is 2. The van der Waals surface area contributed by atoms with Crippen LogP contribution in [0.15, 0.2) is 54.6 Å². The molecule has 2 aromatic carbocycles. The van der Waals surface area contributed by atoms with E-state index in [0.717, 1.165) is 19.4 Å². The summed E-state index contributed by atoms with van der Waals surface area (Å²) in [6.45, 7) is 5.38. The molecule has 21 heavy (non-hydrogen) atoms. The second kappa shape index (κ2) is 7.39. The smallest absolute Gasteiger partial charge is 0.0448 e. The van der Waals surface area contributed by atoms with Gasteiger partial charge in [-0.1, -0.05) is 61.5 Å². The van der Waals surface area contributed by atoms with Crippen molar-refractivity contribution >= 4 is 0 Å². The van der Waals surface area contributed by atoms with E-state index in [2.05, 4.69) is 67.7 Å². The van der Waals surface area contributed by atoms with Crippen LogP contribution in [-0.2, 0) is 6.54 Å².